The summed E-state index contributed by atoms with van der Waals surface area (Å²) in [6.45, 7) is 13.5. The third-order valence-electron chi connectivity index (χ3n) is 3.15. The second-order valence-corrected chi connectivity index (χ2v) is 6.42. The Kier molecular flexibility index (Phi) is 6.38. The average molecular weight is 346 g/mol. The van der Waals surface area contributed by atoms with Crippen LogP contribution in [0.5, 0.6) is 0 Å². The fourth-order valence-corrected chi connectivity index (χ4v) is 2.11. The Hall–Kier alpha value is -1.64. The van der Waals surface area contributed by atoms with Gasteiger partial charge in [-0.05, 0) is 34.1 Å². The summed E-state index contributed by atoms with van der Waals surface area (Å²) >= 11 is 0. The monoisotopic (exact) mass is 346 g/mol. The van der Waals surface area contributed by atoms with E-state index in [0.29, 0.717) is 6.42 Å². The minimum atomic E-state index is -2.04. The van der Waals surface area contributed by atoms with Crippen molar-refractivity contribution < 1.29 is 38.3 Å². The van der Waals surface area contributed by atoms with Crippen LogP contribution in [0.3, 0.4) is 0 Å². The van der Waals surface area contributed by atoms with Crippen molar-refractivity contribution in [2.75, 3.05) is 0 Å². The van der Waals surface area contributed by atoms with E-state index in [-0.39, 0.29) is 0 Å². The lowest BCUT2D eigenvalue weighted by Crippen LogP contribution is -2.71. The van der Waals surface area contributed by atoms with Crippen LogP contribution in [-0.2, 0) is 33.5 Å². The molecule has 138 valence electrons. The predicted molar refractivity (Wildman–Crippen MR) is 82.4 cm³/mol. The van der Waals surface area contributed by atoms with Crippen molar-refractivity contribution in [2.24, 2.45) is 0 Å². The lowest BCUT2D eigenvalue weighted by molar-refractivity contribution is -0.698. The van der Waals surface area contributed by atoms with E-state index in [4.69, 9.17) is 28.7 Å². The molecule has 2 atom stereocenters. The molecule has 0 radical (unpaired) electrons. The van der Waals surface area contributed by atoms with Crippen LogP contribution in [0.2, 0.25) is 0 Å². The molecule has 0 N–H and O–H groups in total. The van der Waals surface area contributed by atoms with E-state index in [1.165, 1.54) is 6.92 Å². The summed E-state index contributed by atoms with van der Waals surface area (Å²) in [6, 6.07) is 0. The molecule has 0 aliphatic carbocycles. The molecule has 2 unspecified atom stereocenters. The SMILES string of the molecule is C=CC(=O)OC1(OC(C)C)OOC1(C)OC(=O)OC(C)(C)CCC. The van der Waals surface area contributed by atoms with Gasteiger partial charge in [0.05, 0.1) is 6.10 Å². The van der Waals surface area contributed by atoms with Crippen molar-refractivity contribution in [2.45, 2.75) is 77.8 Å². The second-order valence-electron chi connectivity index (χ2n) is 6.42. The number of carbonyl (C=O) groups is 2. The van der Waals surface area contributed by atoms with Crippen LogP contribution in [0.25, 0.3) is 0 Å². The highest BCUT2D eigenvalue weighted by Crippen LogP contribution is 2.45. The topological polar surface area (TPSA) is 89.5 Å². The molecule has 0 aromatic heterocycles. The van der Waals surface area contributed by atoms with E-state index in [1.807, 2.05) is 6.92 Å². The van der Waals surface area contributed by atoms with E-state index in [9.17, 15) is 9.59 Å². The van der Waals surface area contributed by atoms with Gasteiger partial charge in [-0.1, -0.05) is 19.9 Å². The standard InChI is InChI=1S/C16H26O8/c1-8-10-14(5,6)21-13(18)22-15(7)16(24-23-15,19-11(3)4)20-12(17)9-2/h9,11H,2,8,10H2,1,3-7H3. The van der Waals surface area contributed by atoms with Gasteiger partial charge in [0.15, 0.2) is 0 Å². The number of ether oxygens (including phenoxy) is 4. The molecule has 1 rings (SSSR count). The summed E-state index contributed by atoms with van der Waals surface area (Å²) in [7, 11) is 0. The quantitative estimate of drug-likeness (QED) is 0.286. The molecule has 8 nitrogen and oxygen atoms in total. The molecule has 0 spiro atoms. The third-order valence-corrected chi connectivity index (χ3v) is 3.15. The highest BCUT2D eigenvalue weighted by molar-refractivity contribution is 5.81. The van der Waals surface area contributed by atoms with Crippen LogP contribution in [0.15, 0.2) is 12.7 Å². The predicted octanol–water partition coefficient (Wildman–Crippen LogP) is 3.20. The zero-order valence-electron chi connectivity index (χ0n) is 15.0. The van der Waals surface area contributed by atoms with Gasteiger partial charge in [0.25, 0.3) is 0 Å². The molecule has 1 aliphatic rings. The average Bonchev–Trinajstić information content (AvgIpc) is 2.43. The van der Waals surface area contributed by atoms with Gasteiger partial charge in [-0.15, -0.1) is 4.89 Å². The van der Waals surface area contributed by atoms with E-state index < -0.39 is 35.6 Å². The van der Waals surface area contributed by atoms with Crippen molar-refractivity contribution in [1.29, 1.82) is 0 Å². The first kappa shape index (κ1) is 20.4. The Morgan fingerprint density at radius 3 is 2.29 bits per heavy atom. The van der Waals surface area contributed by atoms with E-state index in [1.54, 1.807) is 27.7 Å². The van der Waals surface area contributed by atoms with E-state index >= 15 is 0 Å². The number of hydrogen-bond acceptors (Lipinski definition) is 8. The minimum absolute atomic E-state index is 0.415. The summed E-state index contributed by atoms with van der Waals surface area (Å²) in [4.78, 5) is 33.4. The first-order valence-corrected chi connectivity index (χ1v) is 7.81. The molecular weight excluding hydrogens is 320 g/mol. The zero-order chi connectivity index (χ0) is 18.6. The lowest BCUT2D eigenvalue weighted by Gasteiger charge is -2.49. The molecule has 24 heavy (non-hydrogen) atoms. The second kappa shape index (κ2) is 7.50. The van der Waals surface area contributed by atoms with Crippen molar-refractivity contribution in [1.82, 2.24) is 0 Å². The van der Waals surface area contributed by atoms with Crippen LogP contribution in [0.4, 0.5) is 4.79 Å². The zero-order valence-corrected chi connectivity index (χ0v) is 15.0. The summed E-state index contributed by atoms with van der Waals surface area (Å²) < 4.78 is 21.0. The van der Waals surface area contributed by atoms with Gasteiger partial charge in [-0.25, -0.2) is 9.59 Å². The van der Waals surface area contributed by atoms with E-state index in [2.05, 4.69) is 6.58 Å². The Bertz CT molecular complexity index is 486. The number of rotatable bonds is 8. The maximum absolute atomic E-state index is 12.1. The Balaban J connectivity index is 2.87. The maximum atomic E-state index is 12.1. The number of carbonyl (C=O) groups excluding carboxylic acids is 2. The lowest BCUT2D eigenvalue weighted by atomic mass is 10.0. The number of hydrogen-bond donors (Lipinski definition) is 0. The van der Waals surface area contributed by atoms with Crippen LogP contribution in [0.1, 0.15) is 54.4 Å². The molecule has 8 heteroatoms. The van der Waals surface area contributed by atoms with Crippen LogP contribution in [0, 0.1) is 0 Å². The van der Waals surface area contributed by atoms with Gasteiger partial charge in [0.2, 0.25) is 0 Å². The molecule has 0 aromatic carbocycles. The maximum Gasteiger partial charge on any atom is 0.511 e. The highest BCUT2D eigenvalue weighted by Gasteiger charge is 2.71. The smallest absolute Gasteiger partial charge is 0.428 e. The van der Waals surface area contributed by atoms with Crippen LogP contribution >= 0.6 is 0 Å². The first-order chi connectivity index (χ1) is 11.0. The molecule has 1 heterocycles. The van der Waals surface area contributed by atoms with Gasteiger partial charge < -0.3 is 18.9 Å². The molecular formula is C16H26O8. The summed E-state index contributed by atoms with van der Waals surface area (Å²) in [5.74, 6) is -4.69. The summed E-state index contributed by atoms with van der Waals surface area (Å²) in [6.07, 6.45) is 0.993. The van der Waals surface area contributed by atoms with Crippen molar-refractivity contribution in [3.63, 3.8) is 0 Å². The minimum Gasteiger partial charge on any atom is -0.428 e. The van der Waals surface area contributed by atoms with Crippen LogP contribution < -0.4 is 0 Å². The Labute approximate surface area is 141 Å². The number of esters is 1. The van der Waals surface area contributed by atoms with Crippen molar-refractivity contribution in [3.05, 3.63) is 12.7 Å². The molecule has 1 aliphatic heterocycles. The third kappa shape index (κ3) is 4.68. The normalized spacial score (nSPS) is 26.5. The molecule has 0 aromatic rings. The first-order valence-electron chi connectivity index (χ1n) is 7.81. The van der Waals surface area contributed by atoms with Crippen LogP contribution in [-0.4, -0.2) is 35.6 Å². The van der Waals surface area contributed by atoms with Gasteiger partial charge in [-0.3, -0.25) is 0 Å². The molecule has 1 fully saturated rings. The van der Waals surface area contributed by atoms with Crippen molar-refractivity contribution >= 4 is 12.1 Å². The van der Waals surface area contributed by atoms with Crippen molar-refractivity contribution in [3.8, 4) is 0 Å². The van der Waals surface area contributed by atoms with Gasteiger partial charge in [-0.2, -0.15) is 4.89 Å². The largest absolute Gasteiger partial charge is 0.511 e. The summed E-state index contributed by atoms with van der Waals surface area (Å²) in [5, 5.41) is 0. The Morgan fingerprint density at radius 2 is 1.88 bits per heavy atom. The summed E-state index contributed by atoms with van der Waals surface area (Å²) in [5.41, 5.74) is -0.716. The fraction of sp³-hybridized carbons (Fsp3) is 0.750. The highest BCUT2D eigenvalue weighted by atomic mass is 17.3. The molecule has 0 amide bonds. The molecule has 0 bridgehead atoms. The van der Waals surface area contributed by atoms with Gasteiger partial charge in [0.1, 0.15) is 5.60 Å². The fourth-order valence-electron chi connectivity index (χ4n) is 2.11. The van der Waals surface area contributed by atoms with Gasteiger partial charge >= 0.3 is 23.9 Å². The molecule has 1 saturated heterocycles. The molecule has 0 saturated carbocycles. The Morgan fingerprint density at radius 1 is 1.25 bits per heavy atom. The van der Waals surface area contributed by atoms with Gasteiger partial charge in [0, 0.05) is 13.0 Å². The van der Waals surface area contributed by atoms with E-state index in [0.717, 1.165) is 12.5 Å².